The van der Waals surface area contributed by atoms with Gasteiger partial charge in [0.15, 0.2) is 0 Å². The van der Waals surface area contributed by atoms with Crippen molar-refractivity contribution >= 4 is 17.7 Å². The fourth-order valence-electron chi connectivity index (χ4n) is 5.23. The maximum atomic E-state index is 13.0. The summed E-state index contributed by atoms with van der Waals surface area (Å²) in [5.74, 6) is 1.41. The van der Waals surface area contributed by atoms with Gasteiger partial charge in [0.05, 0.1) is 0 Å². The fraction of sp³-hybridized carbons (Fsp3) is 0.625. The van der Waals surface area contributed by atoms with E-state index >= 15 is 0 Å². The van der Waals surface area contributed by atoms with Crippen LogP contribution < -0.4 is 0 Å². The summed E-state index contributed by atoms with van der Waals surface area (Å²) in [5, 5.41) is 0.540. The molecule has 146 valence electrons. The topological polar surface area (TPSA) is 26.3 Å². The number of ether oxygens (including phenoxy) is 1. The second kappa shape index (κ2) is 7.31. The normalized spacial score (nSPS) is 35.4. The van der Waals surface area contributed by atoms with E-state index in [0.29, 0.717) is 23.0 Å². The zero-order chi connectivity index (χ0) is 19.2. The molecule has 2 fully saturated rings. The minimum Gasteiger partial charge on any atom is -0.461 e. The summed E-state index contributed by atoms with van der Waals surface area (Å²) in [6, 6.07) is 8.90. The van der Waals surface area contributed by atoms with Crippen LogP contribution in [-0.2, 0) is 14.9 Å². The number of hydrogen-bond acceptors (Lipinski definition) is 3. The Bertz CT molecular complexity index is 720. The van der Waals surface area contributed by atoms with Crippen LogP contribution in [0.2, 0.25) is 0 Å². The predicted octanol–water partition coefficient (Wildman–Crippen LogP) is 5.68. The predicted molar refractivity (Wildman–Crippen MR) is 113 cm³/mol. The van der Waals surface area contributed by atoms with Crippen molar-refractivity contribution in [1.29, 1.82) is 0 Å². The molecule has 2 nitrogen and oxygen atoms in total. The summed E-state index contributed by atoms with van der Waals surface area (Å²) < 4.78 is 6.25. The van der Waals surface area contributed by atoms with Gasteiger partial charge in [-0.15, -0.1) is 11.8 Å². The van der Waals surface area contributed by atoms with Crippen LogP contribution >= 0.6 is 11.8 Å². The lowest BCUT2D eigenvalue weighted by atomic mass is 9.64. The quantitative estimate of drug-likeness (QED) is 0.493. The Balaban J connectivity index is 1.52. The molecule has 0 unspecified atom stereocenters. The molecule has 1 saturated heterocycles. The standard InChI is InChI=1S/C24H32O2S/c1-15-5-9-18(10-6-15)24(3,4)20-12-7-16(2)13-21(20)26-23(25)22-17-8-11-19(14-17)27-22/h5-6,8-11,16-17,19-22H,7,12-14H2,1-4H3/t16-,17-,19+,20-,21-,22+/m1/s1. The molecule has 3 heteroatoms. The van der Waals surface area contributed by atoms with Crippen LogP contribution in [0.1, 0.15) is 57.6 Å². The summed E-state index contributed by atoms with van der Waals surface area (Å²) in [7, 11) is 0. The molecule has 2 aliphatic carbocycles. The molecule has 1 aliphatic heterocycles. The second-order valence-corrected chi connectivity index (χ2v) is 10.9. The van der Waals surface area contributed by atoms with Crippen molar-refractivity contribution in [3.63, 3.8) is 0 Å². The van der Waals surface area contributed by atoms with Crippen LogP contribution in [0.5, 0.6) is 0 Å². The van der Waals surface area contributed by atoms with Gasteiger partial charge in [-0.25, -0.2) is 0 Å². The van der Waals surface area contributed by atoms with E-state index in [0.717, 1.165) is 19.3 Å². The van der Waals surface area contributed by atoms with Gasteiger partial charge in [0, 0.05) is 17.1 Å². The Morgan fingerprint density at radius 1 is 1.11 bits per heavy atom. The molecule has 1 heterocycles. The third kappa shape index (κ3) is 3.72. The fourth-order valence-corrected chi connectivity index (χ4v) is 6.70. The molecule has 1 aromatic carbocycles. The summed E-state index contributed by atoms with van der Waals surface area (Å²) in [4.78, 5) is 13.0. The molecule has 0 radical (unpaired) electrons. The minimum absolute atomic E-state index is 0.000509. The highest BCUT2D eigenvalue weighted by Gasteiger charge is 2.46. The summed E-state index contributed by atoms with van der Waals surface area (Å²) in [6.45, 7) is 9.08. The van der Waals surface area contributed by atoms with Crippen molar-refractivity contribution in [3.05, 3.63) is 47.5 Å². The van der Waals surface area contributed by atoms with Gasteiger partial charge < -0.3 is 4.74 Å². The lowest BCUT2D eigenvalue weighted by Gasteiger charge is -2.44. The highest BCUT2D eigenvalue weighted by atomic mass is 32.2. The van der Waals surface area contributed by atoms with Crippen LogP contribution in [-0.4, -0.2) is 22.6 Å². The molecule has 0 amide bonds. The number of aryl methyl sites for hydroxylation is 1. The molecule has 3 aliphatic rings. The number of benzene rings is 1. The van der Waals surface area contributed by atoms with E-state index in [1.165, 1.54) is 17.5 Å². The molecule has 1 aromatic rings. The Labute approximate surface area is 168 Å². The van der Waals surface area contributed by atoms with E-state index < -0.39 is 0 Å². The van der Waals surface area contributed by atoms with Crippen molar-refractivity contribution in [2.45, 2.75) is 75.4 Å². The number of rotatable bonds is 4. The van der Waals surface area contributed by atoms with Crippen molar-refractivity contribution in [3.8, 4) is 0 Å². The molecule has 2 bridgehead atoms. The SMILES string of the molecule is Cc1ccc(C(C)(C)[C@@H]2CC[C@@H](C)C[C@H]2OC(=O)[C@H]2S[C@H]3C=C[C@@H]2C3)cc1. The summed E-state index contributed by atoms with van der Waals surface area (Å²) in [5.41, 5.74) is 2.64. The Morgan fingerprint density at radius 2 is 1.85 bits per heavy atom. The molecule has 0 N–H and O–H groups in total. The van der Waals surface area contributed by atoms with Gasteiger partial charge >= 0.3 is 5.97 Å². The molecule has 0 spiro atoms. The van der Waals surface area contributed by atoms with E-state index in [1.807, 2.05) is 0 Å². The zero-order valence-corrected chi connectivity index (χ0v) is 17.8. The smallest absolute Gasteiger partial charge is 0.319 e. The molecule has 4 rings (SSSR count). The van der Waals surface area contributed by atoms with E-state index in [1.54, 1.807) is 11.8 Å². The molecule has 0 aromatic heterocycles. The van der Waals surface area contributed by atoms with Gasteiger partial charge in [-0.3, -0.25) is 4.79 Å². The summed E-state index contributed by atoms with van der Waals surface area (Å²) >= 11 is 1.80. The Kier molecular flexibility index (Phi) is 5.18. The molecule has 27 heavy (non-hydrogen) atoms. The Hall–Kier alpha value is -1.22. The monoisotopic (exact) mass is 384 g/mol. The first-order valence-electron chi connectivity index (χ1n) is 10.5. The van der Waals surface area contributed by atoms with E-state index in [9.17, 15) is 4.79 Å². The minimum atomic E-state index is 0.000509. The molecule has 1 saturated carbocycles. The number of esters is 1. The lowest BCUT2D eigenvalue weighted by molar-refractivity contribution is -0.156. The summed E-state index contributed by atoms with van der Waals surface area (Å²) in [6.07, 6.45) is 8.97. The van der Waals surface area contributed by atoms with Gasteiger partial charge in [-0.1, -0.05) is 69.2 Å². The van der Waals surface area contributed by atoms with Crippen molar-refractivity contribution in [2.75, 3.05) is 0 Å². The second-order valence-electron chi connectivity index (χ2n) is 9.47. The number of hydrogen-bond donors (Lipinski definition) is 0. The average Bonchev–Trinajstić information content (AvgIpc) is 3.25. The third-order valence-electron chi connectivity index (χ3n) is 7.06. The lowest BCUT2D eigenvalue weighted by Crippen LogP contribution is -2.44. The van der Waals surface area contributed by atoms with Crippen LogP contribution in [0.3, 0.4) is 0 Å². The molecular formula is C24H32O2S. The maximum absolute atomic E-state index is 13.0. The van der Waals surface area contributed by atoms with Gasteiger partial charge in [-0.05, 0) is 43.1 Å². The highest BCUT2D eigenvalue weighted by Crippen LogP contribution is 2.47. The van der Waals surface area contributed by atoms with Crippen molar-refractivity contribution in [2.24, 2.45) is 17.8 Å². The zero-order valence-electron chi connectivity index (χ0n) is 17.0. The van der Waals surface area contributed by atoms with E-state index in [-0.39, 0.29) is 22.7 Å². The number of allylic oxidation sites excluding steroid dienone is 1. The Morgan fingerprint density at radius 3 is 2.48 bits per heavy atom. The maximum Gasteiger partial charge on any atom is 0.319 e. The largest absolute Gasteiger partial charge is 0.461 e. The van der Waals surface area contributed by atoms with Crippen LogP contribution in [0.4, 0.5) is 0 Å². The van der Waals surface area contributed by atoms with Gasteiger partial charge in [0.25, 0.3) is 0 Å². The first-order valence-corrected chi connectivity index (χ1v) is 11.4. The van der Waals surface area contributed by atoms with Crippen molar-refractivity contribution in [1.82, 2.24) is 0 Å². The number of carbonyl (C=O) groups is 1. The molecule has 6 atom stereocenters. The van der Waals surface area contributed by atoms with Gasteiger partial charge in [0.2, 0.25) is 0 Å². The van der Waals surface area contributed by atoms with Crippen molar-refractivity contribution < 1.29 is 9.53 Å². The third-order valence-corrected chi connectivity index (χ3v) is 8.60. The van der Waals surface area contributed by atoms with Gasteiger partial charge in [0.1, 0.15) is 11.4 Å². The average molecular weight is 385 g/mol. The van der Waals surface area contributed by atoms with E-state index in [4.69, 9.17) is 4.74 Å². The first kappa shape index (κ1) is 19.1. The molecular weight excluding hydrogens is 352 g/mol. The number of thioether (sulfide) groups is 1. The van der Waals surface area contributed by atoms with Crippen LogP contribution in [0, 0.1) is 24.7 Å². The number of fused-ring (bicyclic) bond motifs is 2. The highest BCUT2D eigenvalue weighted by molar-refractivity contribution is 8.01. The van der Waals surface area contributed by atoms with Gasteiger partial charge in [-0.2, -0.15) is 0 Å². The first-order chi connectivity index (χ1) is 12.8. The number of carbonyl (C=O) groups excluding carboxylic acids is 1. The van der Waals surface area contributed by atoms with E-state index in [2.05, 4.69) is 64.1 Å². The van der Waals surface area contributed by atoms with Crippen LogP contribution in [0.25, 0.3) is 0 Å². The van der Waals surface area contributed by atoms with Crippen LogP contribution in [0.15, 0.2) is 36.4 Å².